The van der Waals surface area contributed by atoms with Gasteiger partial charge in [-0.15, -0.1) is 0 Å². The molecule has 170 valence electrons. The first-order valence-electron chi connectivity index (χ1n) is 11.6. The van der Waals surface area contributed by atoms with E-state index in [4.69, 9.17) is 4.74 Å². The minimum Gasteiger partial charge on any atom is -0.489 e. The second kappa shape index (κ2) is 10.2. The highest BCUT2D eigenvalue weighted by molar-refractivity contribution is 5.95. The maximum absolute atomic E-state index is 13.1. The van der Waals surface area contributed by atoms with Gasteiger partial charge in [-0.05, 0) is 80.7 Å². The molecule has 2 amide bonds. The molecule has 0 aromatic heterocycles. The van der Waals surface area contributed by atoms with Crippen LogP contribution in [0.15, 0.2) is 48.5 Å². The van der Waals surface area contributed by atoms with Crippen LogP contribution in [0.3, 0.4) is 0 Å². The third-order valence-electron chi connectivity index (χ3n) is 6.42. The number of amides is 2. The van der Waals surface area contributed by atoms with E-state index in [1.165, 1.54) is 25.9 Å². The number of carbonyl (C=O) groups excluding carboxylic acids is 2. The van der Waals surface area contributed by atoms with E-state index in [9.17, 15) is 9.59 Å². The summed E-state index contributed by atoms with van der Waals surface area (Å²) >= 11 is 0. The molecule has 0 N–H and O–H groups in total. The average Bonchev–Trinajstić information content (AvgIpc) is 3.50. The van der Waals surface area contributed by atoms with E-state index >= 15 is 0 Å². The summed E-state index contributed by atoms with van der Waals surface area (Å²) in [4.78, 5) is 31.2. The van der Waals surface area contributed by atoms with Gasteiger partial charge in [-0.2, -0.15) is 0 Å². The summed E-state index contributed by atoms with van der Waals surface area (Å²) in [5, 5.41) is 0. The lowest BCUT2D eigenvalue weighted by atomic mass is 10.1. The zero-order valence-electron chi connectivity index (χ0n) is 19.1. The van der Waals surface area contributed by atoms with Crippen LogP contribution in [0.2, 0.25) is 0 Å². The maximum Gasteiger partial charge on any atom is 0.254 e. The number of rotatable bonds is 7. The zero-order valence-corrected chi connectivity index (χ0v) is 19.1. The van der Waals surface area contributed by atoms with Crippen LogP contribution in [-0.4, -0.2) is 72.8 Å². The second-order valence-corrected chi connectivity index (χ2v) is 9.01. The Morgan fingerprint density at radius 3 is 2.22 bits per heavy atom. The molecule has 2 heterocycles. The molecule has 0 unspecified atom stereocenters. The number of carbonyl (C=O) groups is 2. The Morgan fingerprint density at radius 1 is 0.906 bits per heavy atom. The topological polar surface area (TPSA) is 53.1 Å². The normalized spacial score (nSPS) is 18.7. The van der Waals surface area contributed by atoms with Gasteiger partial charge in [0.05, 0.1) is 0 Å². The van der Waals surface area contributed by atoms with Gasteiger partial charge < -0.3 is 19.4 Å². The third-order valence-corrected chi connectivity index (χ3v) is 6.42. The van der Waals surface area contributed by atoms with Crippen molar-refractivity contribution in [3.8, 4) is 5.75 Å². The molecule has 1 atom stereocenters. The molecule has 0 spiro atoms. The van der Waals surface area contributed by atoms with E-state index in [2.05, 4.69) is 9.80 Å². The van der Waals surface area contributed by atoms with E-state index in [0.29, 0.717) is 18.2 Å². The fourth-order valence-electron chi connectivity index (χ4n) is 4.58. The summed E-state index contributed by atoms with van der Waals surface area (Å²) in [6.07, 6.45) is 4.74. The summed E-state index contributed by atoms with van der Waals surface area (Å²) in [5.74, 6) is 0.836. The molecule has 0 radical (unpaired) electrons. The summed E-state index contributed by atoms with van der Waals surface area (Å²) in [7, 11) is 3.48. The van der Waals surface area contributed by atoms with Crippen LogP contribution >= 0.6 is 0 Å². The molecule has 6 heteroatoms. The van der Waals surface area contributed by atoms with Crippen LogP contribution in [0.4, 0.5) is 0 Å². The van der Waals surface area contributed by atoms with Gasteiger partial charge in [0.1, 0.15) is 12.4 Å². The van der Waals surface area contributed by atoms with Crippen LogP contribution in [0, 0.1) is 0 Å². The first-order valence-corrected chi connectivity index (χ1v) is 11.6. The fraction of sp³-hybridized carbons (Fsp3) is 0.462. The third kappa shape index (κ3) is 5.30. The van der Waals surface area contributed by atoms with Crippen molar-refractivity contribution >= 4 is 11.8 Å². The predicted molar refractivity (Wildman–Crippen MR) is 125 cm³/mol. The monoisotopic (exact) mass is 435 g/mol. The molecular weight excluding hydrogens is 402 g/mol. The van der Waals surface area contributed by atoms with Gasteiger partial charge in [-0.1, -0.05) is 12.1 Å². The summed E-state index contributed by atoms with van der Waals surface area (Å²) < 4.78 is 5.88. The molecule has 2 aliphatic heterocycles. The van der Waals surface area contributed by atoms with Gasteiger partial charge in [0.2, 0.25) is 0 Å². The van der Waals surface area contributed by atoms with Crippen molar-refractivity contribution in [3.63, 3.8) is 0 Å². The minimum atomic E-state index is -0.0154. The molecule has 0 saturated carbocycles. The lowest BCUT2D eigenvalue weighted by molar-refractivity contribution is 0.0708. The second-order valence-electron chi connectivity index (χ2n) is 9.01. The van der Waals surface area contributed by atoms with E-state index in [1.807, 2.05) is 48.5 Å². The van der Waals surface area contributed by atoms with Gasteiger partial charge >= 0.3 is 0 Å². The van der Waals surface area contributed by atoms with Crippen molar-refractivity contribution in [2.45, 2.75) is 38.3 Å². The van der Waals surface area contributed by atoms with E-state index in [-0.39, 0.29) is 11.8 Å². The van der Waals surface area contributed by atoms with Crippen molar-refractivity contribution in [1.82, 2.24) is 14.7 Å². The SMILES string of the molecule is CN(C)C(=O)c1ccc(COc2ccc(C(=O)N3CCC[C@H]3CN3CCCC3)cc2)cc1. The zero-order chi connectivity index (χ0) is 22.5. The average molecular weight is 436 g/mol. The minimum absolute atomic E-state index is 0.0154. The number of ether oxygens (including phenoxy) is 1. The molecule has 32 heavy (non-hydrogen) atoms. The van der Waals surface area contributed by atoms with Gasteiger partial charge in [-0.25, -0.2) is 0 Å². The standard InChI is InChI=1S/C26H33N3O3/c1-27(2)25(30)21-9-7-20(8-10-21)19-32-24-13-11-22(12-14-24)26(31)29-17-5-6-23(29)18-28-15-3-4-16-28/h7-14,23H,3-6,15-19H2,1-2H3/t23-/m0/s1. The molecule has 6 nitrogen and oxygen atoms in total. The molecule has 2 aromatic carbocycles. The van der Waals surface area contributed by atoms with Crippen molar-refractivity contribution in [1.29, 1.82) is 0 Å². The molecule has 0 bridgehead atoms. The highest BCUT2D eigenvalue weighted by Gasteiger charge is 2.31. The first kappa shape index (κ1) is 22.3. The molecule has 4 rings (SSSR count). The summed E-state index contributed by atoms with van der Waals surface area (Å²) in [5.41, 5.74) is 2.37. The van der Waals surface area contributed by atoms with Gasteiger partial charge in [0.25, 0.3) is 11.8 Å². The smallest absolute Gasteiger partial charge is 0.254 e. The van der Waals surface area contributed by atoms with Crippen LogP contribution in [0.1, 0.15) is 52.0 Å². The van der Waals surface area contributed by atoms with Crippen LogP contribution in [0.5, 0.6) is 5.75 Å². The fourth-order valence-corrected chi connectivity index (χ4v) is 4.58. The van der Waals surface area contributed by atoms with Crippen molar-refractivity contribution in [2.75, 3.05) is 40.3 Å². The van der Waals surface area contributed by atoms with Gasteiger partial charge in [-0.3, -0.25) is 9.59 Å². The molecule has 2 aliphatic rings. The van der Waals surface area contributed by atoms with E-state index in [0.717, 1.165) is 42.8 Å². The highest BCUT2D eigenvalue weighted by atomic mass is 16.5. The molecular formula is C26H33N3O3. The van der Waals surface area contributed by atoms with Gasteiger partial charge in [0.15, 0.2) is 0 Å². The Labute approximate surface area is 190 Å². The molecule has 2 saturated heterocycles. The van der Waals surface area contributed by atoms with Crippen LogP contribution in [-0.2, 0) is 6.61 Å². The maximum atomic E-state index is 13.1. The Bertz CT molecular complexity index is 918. The van der Waals surface area contributed by atoms with E-state index < -0.39 is 0 Å². The summed E-state index contributed by atoms with van der Waals surface area (Å²) in [6.45, 7) is 4.60. The lowest BCUT2D eigenvalue weighted by Gasteiger charge is -2.28. The highest BCUT2D eigenvalue weighted by Crippen LogP contribution is 2.24. The number of hydrogen-bond donors (Lipinski definition) is 0. The molecule has 2 fully saturated rings. The number of likely N-dealkylation sites (tertiary alicyclic amines) is 2. The lowest BCUT2D eigenvalue weighted by Crippen LogP contribution is -2.42. The predicted octanol–water partition coefficient (Wildman–Crippen LogP) is 3.67. The number of benzene rings is 2. The van der Waals surface area contributed by atoms with Crippen molar-refractivity contribution in [2.24, 2.45) is 0 Å². The Hall–Kier alpha value is -2.86. The van der Waals surface area contributed by atoms with Crippen LogP contribution in [0.25, 0.3) is 0 Å². The number of hydrogen-bond acceptors (Lipinski definition) is 4. The Kier molecular flexibility index (Phi) is 7.10. The Balaban J connectivity index is 1.31. The largest absolute Gasteiger partial charge is 0.489 e. The molecule has 2 aromatic rings. The Morgan fingerprint density at radius 2 is 1.56 bits per heavy atom. The van der Waals surface area contributed by atoms with Gasteiger partial charge in [0, 0.05) is 44.4 Å². The molecule has 0 aliphatic carbocycles. The van der Waals surface area contributed by atoms with Crippen molar-refractivity contribution in [3.05, 3.63) is 65.2 Å². The van der Waals surface area contributed by atoms with Crippen molar-refractivity contribution < 1.29 is 14.3 Å². The van der Waals surface area contributed by atoms with Crippen LogP contribution < -0.4 is 4.74 Å². The quantitative estimate of drug-likeness (QED) is 0.666. The number of nitrogens with zero attached hydrogens (tertiary/aromatic N) is 3. The first-order chi connectivity index (χ1) is 15.5. The van der Waals surface area contributed by atoms with E-state index in [1.54, 1.807) is 19.0 Å². The summed E-state index contributed by atoms with van der Waals surface area (Å²) in [6, 6.07) is 15.2.